The smallest absolute Gasteiger partial charge is 0.183 e. The third-order valence-electron chi connectivity index (χ3n) is 3.77. The number of thiazole rings is 1. The summed E-state index contributed by atoms with van der Waals surface area (Å²) in [5.74, 6) is 0. The van der Waals surface area contributed by atoms with E-state index in [9.17, 15) is 0 Å². The van der Waals surface area contributed by atoms with Crippen molar-refractivity contribution < 1.29 is 0 Å². The molecule has 3 rings (SSSR count). The Morgan fingerprint density at radius 1 is 1.11 bits per heavy atom. The first kappa shape index (κ1) is 12.7. The van der Waals surface area contributed by atoms with E-state index < -0.39 is 0 Å². The highest BCUT2D eigenvalue weighted by Gasteiger charge is 2.16. The van der Waals surface area contributed by atoms with Crippen molar-refractivity contribution in [3.05, 3.63) is 36.0 Å². The molecule has 1 heterocycles. The van der Waals surface area contributed by atoms with Crippen LogP contribution in [0.2, 0.25) is 0 Å². The van der Waals surface area contributed by atoms with Crippen molar-refractivity contribution in [1.29, 1.82) is 0 Å². The van der Waals surface area contributed by atoms with Gasteiger partial charge in [0, 0.05) is 6.04 Å². The van der Waals surface area contributed by atoms with Crippen LogP contribution in [0.1, 0.15) is 37.8 Å². The third kappa shape index (κ3) is 2.98. The molecule has 100 valence electrons. The summed E-state index contributed by atoms with van der Waals surface area (Å²) >= 11 is 1.78. The van der Waals surface area contributed by atoms with Gasteiger partial charge in [0.15, 0.2) is 5.13 Å². The Labute approximate surface area is 118 Å². The Kier molecular flexibility index (Phi) is 3.83. The van der Waals surface area contributed by atoms with Gasteiger partial charge in [-0.2, -0.15) is 0 Å². The molecule has 1 aromatic carbocycles. The normalized spacial score (nSPS) is 16.5. The first-order valence-electron chi connectivity index (χ1n) is 7.12. The van der Waals surface area contributed by atoms with E-state index in [1.807, 2.05) is 0 Å². The summed E-state index contributed by atoms with van der Waals surface area (Å²) in [7, 11) is 0. The van der Waals surface area contributed by atoms with E-state index in [0.717, 1.165) is 10.8 Å². The molecule has 0 aliphatic heterocycles. The van der Waals surface area contributed by atoms with Crippen molar-refractivity contribution in [3.63, 3.8) is 0 Å². The van der Waals surface area contributed by atoms with E-state index in [2.05, 4.69) is 47.6 Å². The summed E-state index contributed by atoms with van der Waals surface area (Å²) in [5.41, 5.74) is 2.41. The number of aryl methyl sites for hydroxylation is 1. The molecule has 2 nitrogen and oxygen atoms in total. The molecule has 1 fully saturated rings. The minimum Gasteiger partial charge on any atom is -0.359 e. The predicted molar refractivity (Wildman–Crippen MR) is 82.8 cm³/mol. The Bertz CT molecular complexity index is 527. The Hall–Kier alpha value is -1.35. The van der Waals surface area contributed by atoms with Gasteiger partial charge in [-0.25, -0.2) is 4.98 Å². The summed E-state index contributed by atoms with van der Waals surface area (Å²) in [6.07, 6.45) is 6.68. The number of anilines is 1. The third-order valence-corrected chi connectivity index (χ3v) is 4.90. The van der Waals surface area contributed by atoms with Gasteiger partial charge in [-0.3, -0.25) is 0 Å². The van der Waals surface area contributed by atoms with Gasteiger partial charge < -0.3 is 5.32 Å². The van der Waals surface area contributed by atoms with Crippen LogP contribution in [0.4, 0.5) is 5.13 Å². The van der Waals surface area contributed by atoms with E-state index in [-0.39, 0.29) is 0 Å². The summed E-state index contributed by atoms with van der Waals surface area (Å²) < 4.78 is 0. The Balaban J connectivity index is 1.77. The van der Waals surface area contributed by atoms with Crippen LogP contribution in [0.3, 0.4) is 0 Å². The van der Waals surface area contributed by atoms with Gasteiger partial charge in [-0.05, 0) is 25.3 Å². The lowest BCUT2D eigenvalue weighted by molar-refractivity contribution is 0.462. The molecule has 0 amide bonds. The molecule has 0 saturated heterocycles. The maximum absolute atomic E-state index is 4.69. The van der Waals surface area contributed by atoms with E-state index in [1.165, 1.54) is 42.5 Å². The van der Waals surface area contributed by atoms with Gasteiger partial charge in [-0.1, -0.05) is 60.9 Å². The molecule has 2 aromatic rings. The van der Waals surface area contributed by atoms with Gasteiger partial charge in [0.2, 0.25) is 0 Å². The zero-order valence-electron chi connectivity index (χ0n) is 11.4. The van der Waals surface area contributed by atoms with Crippen LogP contribution < -0.4 is 5.32 Å². The van der Waals surface area contributed by atoms with Crippen molar-refractivity contribution in [2.24, 2.45) is 0 Å². The molecule has 0 atom stereocenters. The van der Waals surface area contributed by atoms with E-state index in [0.29, 0.717) is 6.04 Å². The van der Waals surface area contributed by atoms with Crippen molar-refractivity contribution in [3.8, 4) is 10.4 Å². The van der Waals surface area contributed by atoms with Gasteiger partial charge >= 0.3 is 0 Å². The lowest BCUT2D eigenvalue weighted by atomic mass is 9.96. The lowest BCUT2D eigenvalue weighted by Crippen LogP contribution is -2.21. The van der Waals surface area contributed by atoms with Gasteiger partial charge in [0.1, 0.15) is 0 Å². The van der Waals surface area contributed by atoms with Crippen molar-refractivity contribution in [2.75, 3.05) is 5.32 Å². The first-order valence-corrected chi connectivity index (χ1v) is 7.94. The highest BCUT2D eigenvalue weighted by Crippen LogP contribution is 2.33. The number of hydrogen-bond acceptors (Lipinski definition) is 3. The molecule has 0 spiro atoms. The second-order valence-corrected chi connectivity index (χ2v) is 6.28. The molecular weight excluding hydrogens is 252 g/mol. The molecule has 0 radical (unpaired) electrons. The molecule has 19 heavy (non-hydrogen) atoms. The zero-order chi connectivity index (χ0) is 13.1. The Morgan fingerprint density at radius 2 is 1.84 bits per heavy atom. The molecule has 1 aliphatic rings. The van der Waals surface area contributed by atoms with Gasteiger partial charge in [0.25, 0.3) is 0 Å². The summed E-state index contributed by atoms with van der Waals surface area (Å²) in [4.78, 5) is 5.98. The number of nitrogens with zero attached hydrogens (tertiary/aromatic N) is 1. The standard InChI is InChI=1S/C16H20N2S/c1-12-15(13-8-4-2-5-9-13)19-16(17-12)18-14-10-6-3-7-11-14/h2,4-5,8-9,14H,3,6-7,10-11H2,1H3,(H,17,18). The van der Waals surface area contributed by atoms with Crippen LogP contribution in [0.5, 0.6) is 0 Å². The summed E-state index contributed by atoms with van der Waals surface area (Å²) in [5, 5.41) is 4.71. The molecular formula is C16H20N2S. The largest absolute Gasteiger partial charge is 0.359 e. The molecule has 3 heteroatoms. The number of hydrogen-bond donors (Lipinski definition) is 1. The van der Waals surface area contributed by atoms with Crippen LogP contribution in [0.15, 0.2) is 30.3 Å². The number of benzene rings is 1. The maximum Gasteiger partial charge on any atom is 0.183 e. The minimum absolute atomic E-state index is 0.628. The van der Waals surface area contributed by atoms with Crippen LogP contribution in [0, 0.1) is 6.92 Å². The van der Waals surface area contributed by atoms with Crippen molar-refractivity contribution in [1.82, 2.24) is 4.98 Å². The second kappa shape index (κ2) is 5.74. The highest BCUT2D eigenvalue weighted by atomic mass is 32.1. The minimum atomic E-state index is 0.628. The predicted octanol–water partition coefficient (Wildman–Crippen LogP) is 4.86. The fourth-order valence-corrected chi connectivity index (χ4v) is 3.79. The Morgan fingerprint density at radius 3 is 2.58 bits per heavy atom. The molecule has 1 saturated carbocycles. The molecule has 1 aromatic heterocycles. The average Bonchev–Trinajstić information content (AvgIpc) is 2.82. The average molecular weight is 272 g/mol. The lowest BCUT2D eigenvalue weighted by Gasteiger charge is -2.22. The summed E-state index contributed by atoms with van der Waals surface area (Å²) in [6.45, 7) is 2.10. The van der Waals surface area contributed by atoms with Crippen LogP contribution in [-0.4, -0.2) is 11.0 Å². The summed E-state index contributed by atoms with van der Waals surface area (Å²) in [6, 6.07) is 11.2. The van der Waals surface area contributed by atoms with Gasteiger partial charge in [-0.15, -0.1) is 0 Å². The second-order valence-electron chi connectivity index (χ2n) is 5.28. The monoisotopic (exact) mass is 272 g/mol. The maximum atomic E-state index is 4.69. The first-order chi connectivity index (χ1) is 9.33. The molecule has 1 N–H and O–H groups in total. The number of nitrogens with one attached hydrogen (secondary N) is 1. The fourth-order valence-electron chi connectivity index (χ4n) is 2.74. The highest BCUT2D eigenvalue weighted by molar-refractivity contribution is 7.19. The van der Waals surface area contributed by atoms with Crippen molar-refractivity contribution in [2.45, 2.75) is 45.1 Å². The molecule has 0 bridgehead atoms. The fraction of sp³-hybridized carbons (Fsp3) is 0.438. The quantitative estimate of drug-likeness (QED) is 0.862. The van der Waals surface area contributed by atoms with E-state index in [4.69, 9.17) is 0 Å². The van der Waals surface area contributed by atoms with Crippen LogP contribution >= 0.6 is 11.3 Å². The van der Waals surface area contributed by atoms with E-state index in [1.54, 1.807) is 11.3 Å². The van der Waals surface area contributed by atoms with Crippen LogP contribution in [0.25, 0.3) is 10.4 Å². The topological polar surface area (TPSA) is 24.9 Å². The number of aromatic nitrogens is 1. The van der Waals surface area contributed by atoms with E-state index >= 15 is 0 Å². The van der Waals surface area contributed by atoms with Gasteiger partial charge in [0.05, 0.1) is 10.6 Å². The zero-order valence-corrected chi connectivity index (χ0v) is 12.2. The molecule has 0 unspecified atom stereocenters. The van der Waals surface area contributed by atoms with Crippen LogP contribution in [-0.2, 0) is 0 Å². The van der Waals surface area contributed by atoms with Crippen molar-refractivity contribution >= 4 is 16.5 Å². The number of rotatable bonds is 3. The molecule has 1 aliphatic carbocycles. The SMILES string of the molecule is Cc1nc(NC2CCCCC2)sc1-c1ccccc1.